The standard InChI is InChI=1S/C13H18ClN/c1-9-3-6-12(14)8-13(9)15-10(2)7-11-4-5-11/h3,6,8,10-11,15H,4-5,7H2,1-2H3. The molecule has 0 aromatic heterocycles. The highest BCUT2D eigenvalue weighted by atomic mass is 35.5. The highest BCUT2D eigenvalue weighted by Gasteiger charge is 2.23. The number of anilines is 1. The van der Waals surface area contributed by atoms with Gasteiger partial charge in [-0.05, 0) is 43.9 Å². The Morgan fingerprint density at radius 2 is 2.20 bits per heavy atom. The van der Waals surface area contributed by atoms with Gasteiger partial charge in [-0.3, -0.25) is 0 Å². The molecule has 1 aliphatic carbocycles. The number of rotatable bonds is 4. The maximum Gasteiger partial charge on any atom is 0.0426 e. The lowest BCUT2D eigenvalue weighted by Gasteiger charge is -2.16. The van der Waals surface area contributed by atoms with E-state index in [1.165, 1.54) is 30.5 Å². The molecule has 0 radical (unpaired) electrons. The van der Waals surface area contributed by atoms with E-state index in [1.807, 2.05) is 12.1 Å². The molecule has 1 atom stereocenters. The first kappa shape index (κ1) is 10.8. The van der Waals surface area contributed by atoms with Crippen LogP contribution in [0.5, 0.6) is 0 Å². The Morgan fingerprint density at radius 3 is 2.87 bits per heavy atom. The molecule has 0 heterocycles. The Morgan fingerprint density at radius 1 is 1.47 bits per heavy atom. The third-order valence-electron chi connectivity index (χ3n) is 2.99. The second-order valence-corrected chi connectivity index (χ2v) is 5.12. The Hall–Kier alpha value is -0.690. The van der Waals surface area contributed by atoms with Gasteiger partial charge in [-0.15, -0.1) is 0 Å². The lowest BCUT2D eigenvalue weighted by Crippen LogP contribution is -2.16. The van der Waals surface area contributed by atoms with E-state index in [0.717, 1.165) is 10.9 Å². The van der Waals surface area contributed by atoms with Crippen LogP contribution in [0.1, 0.15) is 31.7 Å². The average Bonchev–Trinajstić information content (AvgIpc) is 2.95. The summed E-state index contributed by atoms with van der Waals surface area (Å²) < 4.78 is 0. The topological polar surface area (TPSA) is 12.0 Å². The summed E-state index contributed by atoms with van der Waals surface area (Å²) in [7, 11) is 0. The molecule has 1 aliphatic rings. The molecule has 1 nitrogen and oxygen atoms in total. The molecule has 2 heteroatoms. The van der Waals surface area contributed by atoms with Gasteiger partial charge in [-0.2, -0.15) is 0 Å². The van der Waals surface area contributed by atoms with Crippen LogP contribution >= 0.6 is 11.6 Å². The van der Waals surface area contributed by atoms with Crippen molar-refractivity contribution in [1.82, 2.24) is 0 Å². The molecule has 0 bridgehead atoms. The zero-order valence-electron chi connectivity index (χ0n) is 9.39. The molecule has 82 valence electrons. The van der Waals surface area contributed by atoms with Gasteiger partial charge in [0.25, 0.3) is 0 Å². The van der Waals surface area contributed by atoms with Crippen LogP contribution in [0.4, 0.5) is 5.69 Å². The zero-order valence-corrected chi connectivity index (χ0v) is 10.1. The van der Waals surface area contributed by atoms with Crippen molar-refractivity contribution in [3.63, 3.8) is 0 Å². The van der Waals surface area contributed by atoms with Crippen molar-refractivity contribution in [3.05, 3.63) is 28.8 Å². The molecular formula is C13H18ClN. The van der Waals surface area contributed by atoms with Crippen LogP contribution < -0.4 is 5.32 Å². The van der Waals surface area contributed by atoms with E-state index in [0.29, 0.717) is 6.04 Å². The number of hydrogen-bond donors (Lipinski definition) is 1. The first-order chi connectivity index (χ1) is 7.15. The van der Waals surface area contributed by atoms with Gasteiger partial charge < -0.3 is 5.32 Å². The normalized spacial score (nSPS) is 17.5. The average molecular weight is 224 g/mol. The largest absolute Gasteiger partial charge is 0.382 e. The maximum atomic E-state index is 5.98. The molecule has 1 aromatic carbocycles. The van der Waals surface area contributed by atoms with Gasteiger partial charge in [0, 0.05) is 16.8 Å². The van der Waals surface area contributed by atoms with Crippen LogP contribution in [0, 0.1) is 12.8 Å². The van der Waals surface area contributed by atoms with E-state index in [1.54, 1.807) is 0 Å². The fourth-order valence-corrected chi connectivity index (χ4v) is 2.10. The lowest BCUT2D eigenvalue weighted by atomic mass is 10.1. The van der Waals surface area contributed by atoms with Gasteiger partial charge in [-0.1, -0.05) is 30.5 Å². The highest BCUT2D eigenvalue weighted by molar-refractivity contribution is 6.30. The van der Waals surface area contributed by atoms with E-state index in [4.69, 9.17) is 11.6 Å². The monoisotopic (exact) mass is 223 g/mol. The summed E-state index contributed by atoms with van der Waals surface area (Å²) in [6.45, 7) is 4.36. The molecule has 0 saturated heterocycles. The van der Waals surface area contributed by atoms with Crippen LogP contribution in [0.2, 0.25) is 5.02 Å². The lowest BCUT2D eigenvalue weighted by molar-refractivity contribution is 0.642. The minimum absolute atomic E-state index is 0.551. The van der Waals surface area contributed by atoms with Crippen molar-refractivity contribution in [2.24, 2.45) is 5.92 Å². The molecular weight excluding hydrogens is 206 g/mol. The number of halogens is 1. The van der Waals surface area contributed by atoms with Gasteiger partial charge >= 0.3 is 0 Å². The summed E-state index contributed by atoms with van der Waals surface area (Å²) in [5, 5.41) is 4.35. The molecule has 0 spiro atoms. The Balaban J connectivity index is 1.98. The Labute approximate surface area is 96.8 Å². The first-order valence-electron chi connectivity index (χ1n) is 5.68. The smallest absolute Gasteiger partial charge is 0.0426 e. The molecule has 1 fully saturated rings. The van der Waals surface area contributed by atoms with Crippen LogP contribution in [0.15, 0.2) is 18.2 Å². The predicted octanol–water partition coefficient (Wildman–Crippen LogP) is 4.25. The van der Waals surface area contributed by atoms with E-state index >= 15 is 0 Å². The van der Waals surface area contributed by atoms with Gasteiger partial charge in [0.05, 0.1) is 0 Å². The summed E-state index contributed by atoms with van der Waals surface area (Å²) in [4.78, 5) is 0. The molecule has 1 N–H and O–H groups in total. The molecule has 2 rings (SSSR count). The van der Waals surface area contributed by atoms with Crippen molar-refractivity contribution < 1.29 is 0 Å². The molecule has 1 saturated carbocycles. The zero-order chi connectivity index (χ0) is 10.8. The van der Waals surface area contributed by atoms with Gasteiger partial charge in [0.15, 0.2) is 0 Å². The fourth-order valence-electron chi connectivity index (χ4n) is 1.93. The van der Waals surface area contributed by atoms with Gasteiger partial charge in [-0.25, -0.2) is 0 Å². The number of benzene rings is 1. The van der Waals surface area contributed by atoms with E-state index in [2.05, 4.69) is 25.2 Å². The van der Waals surface area contributed by atoms with Crippen molar-refractivity contribution in [3.8, 4) is 0 Å². The van der Waals surface area contributed by atoms with Crippen LogP contribution in [-0.4, -0.2) is 6.04 Å². The summed E-state index contributed by atoms with van der Waals surface area (Å²) in [5.74, 6) is 0.965. The summed E-state index contributed by atoms with van der Waals surface area (Å²) in [6.07, 6.45) is 4.12. The second kappa shape index (κ2) is 4.44. The third-order valence-corrected chi connectivity index (χ3v) is 3.22. The van der Waals surface area contributed by atoms with Crippen LogP contribution in [-0.2, 0) is 0 Å². The molecule has 0 amide bonds. The maximum absolute atomic E-state index is 5.98. The summed E-state index contributed by atoms with van der Waals surface area (Å²) in [5.41, 5.74) is 2.44. The van der Waals surface area contributed by atoms with Crippen LogP contribution in [0.3, 0.4) is 0 Å². The molecule has 1 aromatic rings. The number of nitrogens with one attached hydrogen (secondary N) is 1. The SMILES string of the molecule is Cc1ccc(Cl)cc1NC(C)CC1CC1. The van der Waals surface area contributed by atoms with Crippen molar-refractivity contribution in [2.45, 2.75) is 39.2 Å². The van der Waals surface area contributed by atoms with Crippen LogP contribution in [0.25, 0.3) is 0 Å². The quantitative estimate of drug-likeness (QED) is 0.805. The first-order valence-corrected chi connectivity index (χ1v) is 6.05. The van der Waals surface area contributed by atoms with Gasteiger partial charge in [0.2, 0.25) is 0 Å². The van der Waals surface area contributed by atoms with Crippen molar-refractivity contribution in [2.75, 3.05) is 5.32 Å². The Bertz CT molecular complexity index is 344. The number of aryl methyl sites for hydroxylation is 1. The van der Waals surface area contributed by atoms with E-state index in [-0.39, 0.29) is 0 Å². The molecule has 1 unspecified atom stereocenters. The van der Waals surface area contributed by atoms with E-state index in [9.17, 15) is 0 Å². The van der Waals surface area contributed by atoms with Gasteiger partial charge in [0.1, 0.15) is 0 Å². The van der Waals surface area contributed by atoms with Crippen molar-refractivity contribution >= 4 is 17.3 Å². The summed E-state index contributed by atoms with van der Waals surface area (Å²) in [6, 6.07) is 6.57. The fraction of sp³-hybridized carbons (Fsp3) is 0.538. The second-order valence-electron chi connectivity index (χ2n) is 4.68. The van der Waals surface area contributed by atoms with E-state index < -0.39 is 0 Å². The number of hydrogen-bond acceptors (Lipinski definition) is 1. The minimum atomic E-state index is 0.551. The minimum Gasteiger partial charge on any atom is -0.382 e. The third kappa shape index (κ3) is 3.13. The Kier molecular flexibility index (Phi) is 3.20. The molecule has 0 aliphatic heterocycles. The summed E-state index contributed by atoms with van der Waals surface area (Å²) >= 11 is 5.98. The van der Waals surface area contributed by atoms with Crippen molar-refractivity contribution in [1.29, 1.82) is 0 Å². The predicted molar refractivity (Wildman–Crippen MR) is 66.6 cm³/mol. The highest BCUT2D eigenvalue weighted by Crippen LogP contribution is 2.34. The molecule has 15 heavy (non-hydrogen) atoms.